The van der Waals surface area contributed by atoms with Crippen LogP contribution in [-0.4, -0.2) is 21.6 Å². The van der Waals surface area contributed by atoms with Crippen LogP contribution in [-0.2, 0) is 0 Å². The maximum Gasteiger partial charge on any atom is 0.160 e. The van der Waals surface area contributed by atoms with Crippen molar-refractivity contribution in [3.63, 3.8) is 0 Å². The summed E-state index contributed by atoms with van der Waals surface area (Å²) in [5.74, 6) is 0.645. The highest BCUT2D eigenvalue weighted by Gasteiger charge is 2.35. The second-order valence-corrected chi connectivity index (χ2v) is 12.6. The van der Waals surface area contributed by atoms with E-state index in [4.69, 9.17) is 9.97 Å². The minimum absolute atomic E-state index is 0.0154. The maximum absolute atomic E-state index is 9.57. The van der Waals surface area contributed by atoms with Crippen LogP contribution in [0.4, 0.5) is 5.69 Å². The number of hydrogen-bond donors (Lipinski definition) is 0. The van der Waals surface area contributed by atoms with E-state index < -0.39 is 0 Å². The zero-order valence-electron chi connectivity index (χ0n) is 27.4. The Morgan fingerprint density at radius 2 is 1.26 bits per heavy atom. The van der Waals surface area contributed by atoms with E-state index in [1.54, 1.807) is 0 Å². The van der Waals surface area contributed by atoms with Gasteiger partial charge in [0.1, 0.15) is 0 Å². The summed E-state index contributed by atoms with van der Waals surface area (Å²) in [6.07, 6.45) is 0. The van der Waals surface area contributed by atoms with Gasteiger partial charge in [-0.3, -0.25) is 0 Å². The zero-order chi connectivity index (χ0) is 33.6. The fourth-order valence-electron chi connectivity index (χ4n) is 7.40. The van der Waals surface area contributed by atoms with Crippen molar-refractivity contribution in [2.75, 3.05) is 11.9 Å². The molecule has 1 atom stereocenters. The summed E-state index contributed by atoms with van der Waals surface area (Å²) in [6, 6.07) is 58.8. The number of benzene rings is 6. The Balaban J connectivity index is 1.20. The Hall–Kier alpha value is -6.77. The number of hydrogen-bond acceptors (Lipinski definition) is 4. The first-order valence-corrected chi connectivity index (χ1v) is 16.7. The van der Waals surface area contributed by atoms with Crippen LogP contribution in [0, 0.1) is 11.3 Å². The van der Waals surface area contributed by atoms with Gasteiger partial charge in [-0.05, 0) is 48.0 Å². The molecule has 0 N–H and O–H groups in total. The summed E-state index contributed by atoms with van der Waals surface area (Å²) in [5.41, 5.74) is 13.5. The quantitative estimate of drug-likeness (QED) is 0.188. The normalized spacial score (nSPS) is 13.4. The number of anilines is 1. The van der Waals surface area contributed by atoms with E-state index in [9.17, 15) is 5.26 Å². The van der Waals surface area contributed by atoms with Crippen LogP contribution in [0.3, 0.4) is 0 Å². The van der Waals surface area contributed by atoms with Gasteiger partial charge in [0.2, 0.25) is 0 Å². The Morgan fingerprint density at radius 1 is 0.600 bits per heavy atom. The first-order valence-electron chi connectivity index (χ1n) is 16.7. The third-order valence-corrected chi connectivity index (χ3v) is 9.70. The molecule has 6 aromatic carbocycles. The van der Waals surface area contributed by atoms with Crippen LogP contribution in [0.15, 0.2) is 164 Å². The lowest BCUT2D eigenvalue weighted by molar-refractivity contribution is 0.776. The van der Waals surface area contributed by atoms with Crippen LogP contribution in [0.5, 0.6) is 0 Å². The van der Waals surface area contributed by atoms with Gasteiger partial charge in [0.05, 0.1) is 40.3 Å². The molecular weight excluding hydrogens is 611 g/mol. The summed E-state index contributed by atoms with van der Waals surface area (Å²) in [4.78, 5) is 12.4. The van der Waals surface area contributed by atoms with Crippen molar-refractivity contribution in [1.29, 1.82) is 5.26 Å². The monoisotopic (exact) mass is 641 g/mol. The van der Waals surface area contributed by atoms with E-state index >= 15 is 0 Å². The second kappa shape index (κ2) is 12.0. The molecule has 2 aromatic heterocycles. The molecule has 236 valence electrons. The van der Waals surface area contributed by atoms with E-state index in [1.165, 1.54) is 39.0 Å². The van der Waals surface area contributed by atoms with E-state index in [0.717, 1.165) is 33.8 Å². The third kappa shape index (κ3) is 4.86. The van der Waals surface area contributed by atoms with Gasteiger partial charge < -0.3 is 9.47 Å². The molecule has 1 aliphatic heterocycles. The number of aromatic nitrogens is 3. The molecular formula is C45H31N5. The van der Waals surface area contributed by atoms with Gasteiger partial charge in [-0.25, -0.2) is 9.97 Å². The van der Waals surface area contributed by atoms with Crippen molar-refractivity contribution in [1.82, 2.24) is 14.5 Å². The minimum Gasteiger partial charge on any atom is -0.363 e. The van der Waals surface area contributed by atoms with Crippen molar-refractivity contribution >= 4 is 16.6 Å². The molecule has 3 heterocycles. The van der Waals surface area contributed by atoms with E-state index in [-0.39, 0.29) is 6.04 Å². The van der Waals surface area contributed by atoms with E-state index in [0.29, 0.717) is 11.4 Å². The number of rotatable bonds is 5. The van der Waals surface area contributed by atoms with E-state index in [2.05, 4.69) is 126 Å². The summed E-state index contributed by atoms with van der Waals surface area (Å²) in [6.45, 7) is 0. The third-order valence-electron chi connectivity index (χ3n) is 9.70. The number of fused-ring (bicyclic) bond motifs is 5. The molecule has 5 heteroatoms. The van der Waals surface area contributed by atoms with Gasteiger partial charge in [-0.1, -0.05) is 121 Å². The first-order chi connectivity index (χ1) is 24.7. The Kier molecular flexibility index (Phi) is 7.07. The molecule has 50 heavy (non-hydrogen) atoms. The minimum atomic E-state index is -0.0154. The average molecular weight is 642 g/mol. The molecule has 0 saturated carbocycles. The van der Waals surface area contributed by atoms with Crippen LogP contribution < -0.4 is 4.90 Å². The molecule has 1 unspecified atom stereocenters. The van der Waals surface area contributed by atoms with Crippen LogP contribution in [0.1, 0.15) is 22.7 Å². The summed E-state index contributed by atoms with van der Waals surface area (Å²) >= 11 is 0. The standard InChI is InChI=1S/C45H31N5/c1-49-40-21-10-9-20-37(40)44-42(36-19-8-11-22-41(36)50(44)35-17-6-3-7-18-35)43(49)32-25-23-31(24-26-32)38-28-39(34-16-12-13-30(27-34)29-46)48-45(47-38)33-14-4-2-5-15-33/h2-28,43H,1H3. The lowest BCUT2D eigenvalue weighted by Crippen LogP contribution is -2.29. The fourth-order valence-corrected chi connectivity index (χ4v) is 7.40. The Morgan fingerprint density at radius 3 is 2.04 bits per heavy atom. The SMILES string of the molecule is CN1c2ccccc2-c2c(c3ccccc3n2-c2ccccc2)C1c1ccc(-c2cc(-c3cccc(C#N)c3)nc(-c3ccccc3)n2)cc1. The molecule has 1 aliphatic rings. The van der Waals surface area contributed by atoms with Crippen LogP contribution in [0.25, 0.3) is 61.8 Å². The lowest BCUT2D eigenvalue weighted by Gasteiger charge is -2.37. The Labute approximate surface area is 291 Å². The van der Waals surface area contributed by atoms with Gasteiger partial charge in [-0.15, -0.1) is 0 Å². The average Bonchev–Trinajstić information content (AvgIpc) is 3.54. The highest BCUT2D eigenvalue weighted by Crippen LogP contribution is 2.51. The zero-order valence-corrected chi connectivity index (χ0v) is 27.4. The molecule has 0 spiro atoms. The van der Waals surface area contributed by atoms with Crippen molar-refractivity contribution in [3.05, 3.63) is 180 Å². The number of para-hydroxylation sites is 3. The molecule has 9 rings (SSSR count). The molecule has 0 aliphatic carbocycles. The predicted octanol–water partition coefficient (Wildman–Crippen LogP) is 10.5. The highest BCUT2D eigenvalue weighted by molar-refractivity contribution is 5.99. The van der Waals surface area contributed by atoms with Gasteiger partial charge in [0.15, 0.2) is 5.82 Å². The van der Waals surface area contributed by atoms with Gasteiger partial charge >= 0.3 is 0 Å². The summed E-state index contributed by atoms with van der Waals surface area (Å²) < 4.78 is 2.42. The van der Waals surface area contributed by atoms with Gasteiger partial charge in [0, 0.05) is 51.6 Å². The van der Waals surface area contributed by atoms with E-state index in [1.807, 2.05) is 60.7 Å². The molecule has 0 fully saturated rings. The molecule has 5 nitrogen and oxygen atoms in total. The first kappa shape index (κ1) is 29.4. The topological polar surface area (TPSA) is 57.7 Å². The van der Waals surface area contributed by atoms with Gasteiger partial charge in [-0.2, -0.15) is 5.26 Å². The fraction of sp³-hybridized carbons (Fsp3) is 0.0444. The summed E-state index contributed by atoms with van der Waals surface area (Å²) in [5, 5.41) is 10.8. The largest absolute Gasteiger partial charge is 0.363 e. The molecule has 0 radical (unpaired) electrons. The second-order valence-electron chi connectivity index (χ2n) is 12.6. The van der Waals surface area contributed by atoms with Crippen molar-refractivity contribution < 1.29 is 0 Å². The summed E-state index contributed by atoms with van der Waals surface area (Å²) in [7, 11) is 2.20. The maximum atomic E-state index is 9.57. The number of nitriles is 1. The molecule has 0 amide bonds. The Bertz CT molecular complexity index is 2560. The van der Waals surface area contributed by atoms with Crippen molar-refractivity contribution in [2.45, 2.75) is 6.04 Å². The molecule has 8 aromatic rings. The molecule has 0 saturated heterocycles. The number of nitrogens with zero attached hydrogens (tertiary/aromatic N) is 5. The molecule has 0 bridgehead atoms. The predicted molar refractivity (Wildman–Crippen MR) is 202 cm³/mol. The highest BCUT2D eigenvalue weighted by atomic mass is 15.2. The van der Waals surface area contributed by atoms with Crippen LogP contribution >= 0.6 is 0 Å². The smallest absolute Gasteiger partial charge is 0.160 e. The van der Waals surface area contributed by atoms with Crippen LogP contribution in [0.2, 0.25) is 0 Å². The van der Waals surface area contributed by atoms with Gasteiger partial charge in [0.25, 0.3) is 0 Å². The lowest BCUT2D eigenvalue weighted by atomic mass is 9.87. The van der Waals surface area contributed by atoms with Crippen molar-refractivity contribution in [2.24, 2.45) is 0 Å². The van der Waals surface area contributed by atoms with Crippen molar-refractivity contribution in [3.8, 4) is 56.9 Å².